The van der Waals surface area contributed by atoms with Crippen molar-refractivity contribution in [2.24, 2.45) is 11.8 Å². The van der Waals surface area contributed by atoms with Gasteiger partial charge in [-0.1, -0.05) is 44.2 Å². The number of alkyl halides is 2. The van der Waals surface area contributed by atoms with Crippen LogP contribution in [0.1, 0.15) is 38.7 Å². The third-order valence-corrected chi connectivity index (χ3v) is 3.44. The van der Waals surface area contributed by atoms with Crippen molar-refractivity contribution in [1.29, 1.82) is 0 Å². The van der Waals surface area contributed by atoms with Crippen LogP contribution in [0.4, 0.5) is 8.78 Å². The summed E-state index contributed by atoms with van der Waals surface area (Å²) in [6.07, 6.45) is -1.50. The number of methoxy groups -OCH3 is 1. The minimum Gasteiger partial charge on any atom is -0.469 e. The average molecular weight is 342 g/mol. The van der Waals surface area contributed by atoms with E-state index in [9.17, 15) is 18.4 Å². The first-order chi connectivity index (χ1) is 11.2. The highest BCUT2D eigenvalue weighted by Gasteiger charge is 2.38. The molecule has 0 N–H and O–H groups in total. The smallest absolute Gasteiger partial charge is 0.309 e. The summed E-state index contributed by atoms with van der Waals surface area (Å²) >= 11 is 0. The average Bonchev–Trinajstić information content (AvgIpc) is 2.51. The van der Waals surface area contributed by atoms with Crippen LogP contribution in [0.2, 0.25) is 0 Å². The minimum atomic E-state index is -3.03. The van der Waals surface area contributed by atoms with Crippen LogP contribution >= 0.6 is 0 Å². The molecule has 1 aromatic carbocycles. The molecule has 24 heavy (non-hydrogen) atoms. The van der Waals surface area contributed by atoms with E-state index in [0.717, 1.165) is 12.7 Å². The van der Waals surface area contributed by atoms with Gasteiger partial charge in [-0.05, 0) is 11.5 Å². The van der Waals surface area contributed by atoms with Crippen LogP contribution in [-0.4, -0.2) is 25.0 Å². The van der Waals surface area contributed by atoms with Crippen LogP contribution < -0.4 is 0 Å². The van der Waals surface area contributed by atoms with Gasteiger partial charge in [0.25, 0.3) is 0 Å². The Morgan fingerprint density at radius 2 is 1.75 bits per heavy atom. The molecule has 0 radical (unpaired) electrons. The molecule has 0 amide bonds. The lowest BCUT2D eigenvalue weighted by Crippen LogP contribution is -2.30. The van der Waals surface area contributed by atoms with E-state index in [1.54, 1.807) is 38.1 Å². The molecule has 0 saturated carbocycles. The predicted octanol–water partition coefficient (Wildman–Crippen LogP) is 3.98. The van der Waals surface area contributed by atoms with Crippen molar-refractivity contribution < 1.29 is 27.8 Å². The Morgan fingerprint density at radius 3 is 2.29 bits per heavy atom. The maximum Gasteiger partial charge on any atom is 0.309 e. The van der Waals surface area contributed by atoms with Gasteiger partial charge in [-0.15, -0.1) is 0 Å². The van der Waals surface area contributed by atoms with Gasteiger partial charge in [-0.2, -0.15) is 0 Å². The van der Waals surface area contributed by atoms with Gasteiger partial charge in [0, 0.05) is 12.8 Å². The monoisotopic (exact) mass is 342 g/mol. The second-order valence-electron chi connectivity index (χ2n) is 6.23. The molecule has 0 aliphatic carbocycles. The largest absolute Gasteiger partial charge is 0.469 e. The number of benzene rings is 1. The molecule has 0 aromatic heterocycles. The molecule has 1 aromatic rings. The topological polar surface area (TPSA) is 52.6 Å². The zero-order valence-corrected chi connectivity index (χ0v) is 14.3. The molecular weight excluding hydrogens is 318 g/mol. The summed E-state index contributed by atoms with van der Waals surface area (Å²) in [6.45, 7) is 3.39. The third kappa shape index (κ3) is 7.53. The Labute approximate surface area is 141 Å². The first-order valence-corrected chi connectivity index (χ1v) is 7.88. The molecule has 0 saturated heterocycles. The van der Waals surface area contributed by atoms with Crippen LogP contribution in [0.3, 0.4) is 0 Å². The summed E-state index contributed by atoms with van der Waals surface area (Å²) in [5.74, 6) is -5.99. The lowest BCUT2D eigenvalue weighted by Gasteiger charge is -2.22. The number of halogens is 2. The first-order valence-electron chi connectivity index (χ1n) is 7.88. The molecule has 1 rings (SSSR count). The third-order valence-electron chi connectivity index (χ3n) is 3.44. The number of carbonyl (C=O) groups is 2. The van der Waals surface area contributed by atoms with Gasteiger partial charge in [0.1, 0.15) is 6.61 Å². The summed E-state index contributed by atoms with van der Waals surface area (Å²) in [4.78, 5) is 23.6. The normalized spacial score (nSPS) is 12.8. The Kier molecular flexibility index (Phi) is 7.82. The summed E-state index contributed by atoms with van der Waals surface area (Å²) < 4.78 is 37.5. The van der Waals surface area contributed by atoms with Gasteiger partial charge < -0.3 is 9.47 Å². The minimum absolute atomic E-state index is 0.0377. The van der Waals surface area contributed by atoms with Crippen LogP contribution in [0.5, 0.6) is 0 Å². The molecule has 0 bridgehead atoms. The molecule has 0 heterocycles. The molecule has 0 fully saturated rings. The van der Waals surface area contributed by atoms with E-state index < -0.39 is 36.6 Å². The van der Waals surface area contributed by atoms with Crippen molar-refractivity contribution in [3.05, 3.63) is 35.9 Å². The Balaban J connectivity index is 2.61. The van der Waals surface area contributed by atoms with Gasteiger partial charge in [-0.25, -0.2) is 8.78 Å². The van der Waals surface area contributed by atoms with Crippen molar-refractivity contribution in [3.8, 4) is 0 Å². The van der Waals surface area contributed by atoms with Crippen LogP contribution in [0.25, 0.3) is 0 Å². The van der Waals surface area contributed by atoms with Gasteiger partial charge >= 0.3 is 11.9 Å². The summed E-state index contributed by atoms with van der Waals surface area (Å²) in [5.41, 5.74) is 0.783. The Morgan fingerprint density at radius 1 is 1.12 bits per heavy atom. The molecule has 134 valence electrons. The van der Waals surface area contributed by atoms with Crippen molar-refractivity contribution in [2.75, 3.05) is 7.11 Å². The van der Waals surface area contributed by atoms with Crippen molar-refractivity contribution in [2.45, 2.75) is 45.6 Å². The number of carbonyl (C=O) groups excluding carboxylic acids is 2. The molecular formula is C18H24F2O4. The number of rotatable bonds is 9. The fourth-order valence-electron chi connectivity index (χ4n) is 2.44. The fourth-order valence-corrected chi connectivity index (χ4v) is 2.44. The van der Waals surface area contributed by atoms with Gasteiger partial charge in [0.15, 0.2) is 0 Å². The number of esters is 2. The molecule has 6 heteroatoms. The van der Waals surface area contributed by atoms with E-state index in [-0.39, 0.29) is 18.9 Å². The highest BCUT2D eigenvalue weighted by Crippen LogP contribution is 2.32. The maximum atomic E-state index is 14.0. The van der Waals surface area contributed by atoms with Crippen LogP contribution in [-0.2, 0) is 25.7 Å². The van der Waals surface area contributed by atoms with Crippen molar-refractivity contribution in [1.82, 2.24) is 0 Å². The maximum absolute atomic E-state index is 14.0. The molecule has 4 nitrogen and oxygen atoms in total. The zero-order chi connectivity index (χ0) is 18.2. The fraction of sp³-hybridized carbons (Fsp3) is 0.556. The SMILES string of the molecule is COC(=O)[C@@H](CC(=O)OCc1ccccc1)CC(F)(F)CC(C)C. The van der Waals surface area contributed by atoms with Gasteiger partial charge in [0.2, 0.25) is 5.92 Å². The lowest BCUT2D eigenvalue weighted by molar-refractivity contribution is -0.157. The quantitative estimate of drug-likeness (QED) is 0.637. The molecule has 0 spiro atoms. The van der Waals surface area contributed by atoms with Crippen LogP contribution in [0.15, 0.2) is 30.3 Å². The molecule has 1 atom stereocenters. The number of ether oxygens (including phenoxy) is 2. The standard InChI is InChI=1S/C18H24F2O4/c1-13(2)10-18(19,20)11-15(17(22)23-3)9-16(21)24-12-14-7-5-4-6-8-14/h4-8,13,15H,9-12H2,1-3H3/t15-/m0/s1. The second-order valence-corrected chi connectivity index (χ2v) is 6.23. The highest BCUT2D eigenvalue weighted by atomic mass is 19.3. The predicted molar refractivity (Wildman–Crippen MR) is 85.4 cm³/mol. The number of hydrogen-bond donors (Lipinski definition) is 0. The Hall–Kier alpha value is -1.98. The van der Waals surface area contributed by atoms with Gasteiger partial charge in [-0.3, -0.25) is 9.59 Å². The molecule has 0 aliphatic heterocycles. The van der Waals surface area contributed by atoms with E-state index in [1.165, 1.54) is 0 Å². The van der Waals surface area contributed by atoms with E-state index in [0.29, 0.717) is 0 Å². The molecule has 0 unspecified atom stereocenters. The lowest BCUT2D eigenvalue weighted by atomic mass is 9.92. The second kappa shape index (κ2) is 9.35. The number of hydrogen-bond acceptors (Lipinski definition) is 4. The van der Waals surface area contributed by atoms with Crippen molar-refractivity contribution in [3.63, 3.8) is 0 Å². The summed E-state index contributed by atoms with van der Waals surface area (Å²) in [6, 6.07) is 8.99. The first kappa shape index (κ1) is 20.1. The van der Waals surface area contributed by atoms with E-state index >= 15 is 0 Å². The van der Waals surface area contributed by atoms with E-state index in [2.05, 4.69) is 4.74 Å². The van der Waals surface area contributed by atoms with E-state index in [4.69, 9.17) is 4.74 Å². The van der Waals surface area contributed by atoms with Crippen molar-refractivity contribution >= 4 is 11.9 Å². The summed E-state index contributed by atoms with van der Waals surface area (Å²) in [7, 11) is 1.12. The Bertz CT molecular complexity index is 529. The zero-order valence-electron chi connectivity index (χ0n) is 14.3. The van der Waals surface area contributed by atoms with Gasteiger partial charge in [0.05, 0.1) is 19.4 Å². The molecule has 0 aliphatic rings. The highest BCUT2D eigenvalue weighted by molar-refractivity contribution is 5.80. The van der Waals surface area contributed by atoms with E-state index in [1.807, 2.05) is 6.07 Å². The van der Waals surface area contributed by atoms with Crippen LogP contribution in [0, 0.1) is 11.8 Å². The summed E-state index contributed by atoms with van der Waals surface area (Å²) in [5, 5.41) is 0.